The summed E-state index contributed by atoms with van der Waals surface area (Å²) in [4.78, 5) is 14.3. The second-order valence-corrected chi connectivity index (χ2v) is 4.05. The van der Waals surface area contributed by atoms with E-state index in [0.717, 1.165) is 16.8 Å². The lowest BCUT2D eigenvalue weighted by Crippen LogP contribution is -2.15. The van der Waals surface area contributed by atoms with E-state index in [2.05, 4.69) is 4.99 Å². The number of aryl methyl sites for hydroxylation is 1. The molecular formula is C11H10ClN3O2. The van der Waals surface area contributed by atoms with Crippen molar-refractivity contribution in [2.75, 3.05) is 6.67 Å². The Kier molecular flexibility index (Phi) is 3.10. The summed E-state index contributed by atoms with van der Waals surface area (Å²) in [5.41, 5.74) is 2.46. The first kappa shape index (κ1) is 11.6. The van der Waals surface area contributed by atoms with E-state index in [1.165, 1.54) is 16.6 Å². The summed E-state index contributed by atoms with van der Waals surface area (Å²) >= 11 is 6.00. The zero-order valence-corrected chi connectivity index (χ0v) is 9.89. The van der Waals surface area contributed by atoms with Crippen LogP contribution in [0.4, 0.5) is 5.69 Å². The molecule has 0 amide bonds. The molecule has 0 aromatic heterocycles. The van der Waals surface area contributed by atoms with Crippen LogP contribution in [-0.4, -0.2) is 22.2 Å². The number of halogens is 1. The number of nitrogens with zero attached hydrogens (tertiary/aromatic N) is 3. The normalized spacial score (nSPS) is 14.7. The molecule has 1 aromatic carbocycles. The average Bonchev–Trinajstić information content (AvgIpc) is 2.30. The van der Waals surface area contributed by atoms with E-state index in [0.29, 0.717) is 6.67 Å². The van der Waals surface area contributed by atoms with Gasteiger partial charge >= 0.3 is 0 Å². The Morgan fingerprint density at radius 3 is 2.94 bits per heavy atom. The summed E-state index contributed by atoms with van der Waals surface area (Å²) in [6.45, 7) is 2.23. The lowest BCUT2D eigenvalue weighted by molar-refractivity contribution is -0.384. The monoisotopic (exact) mass is 251 g/mol. The molecule has 1 aliphatic heterocycles. The summed E-state index contributed by atoms with van der Waals surface area (Å²) in [6, 6.07) is 4.72. The largest absolute Gasteiger partial charge is 0.270 e. The van der Waals surface area contributed by atoms with Crippen molar-refractivity contribution in [3.63, 3.8) is 0 Å². The van der Waals surface area contributed by atoms with Gasteiger partial charge in [-0.15, -0.1) is 0 Å². The van der Waals surface area contributed by atoms with Crippen molar-refractivity contribution in [3.05, 3.63) is 45.5 Å². The van der Waals surface area contributed by atoms with Crippen LogP contribution in [0.25, 0.3) is 5.70 Å². The molecule has 88 valence electrons. The first-order valence-corrected chi connectivity index (χ1v) is 5.32. The van der Waals surface area contributed by atoms with Crippen LogP contribution < -0.4 is 0 Å². The van der Waals surface area contributed by atoms with Crippen molar-refractivity contribution in [1.82, 2.24) is 4.42 Å². The van der Waals surface area contributed by atoms with E-state index in [1.807, 2.05) is 6.92 Å². The second-order valence-electron chi connectivity index (χ2n) is 3.64. The smallest absolute Gasteiger partial charge is 0.270 e. The van der Waals surface area contributed by atoms with Gasteiger partial charge in [0.25, 0.3) is 5.69 Å². The Hall–Kier alpha value is -1.88. The van der Waals surface area contributed by atoms with E-state index in [9.17, 15) is 10.1 Å². The summed E-state index contributed by atoms with van der Waals surface area (Å²) in [7, 11) is 0. The summed E-state index contributed by atoms with van der Waals surface area (Å²) in [5, 5.41) is 10.7. The lowest BCUT2D eigenvalue weighted by atomic mass is 10.0. The highest BCUT2D eigenvalue weighted by atomic mass is 35.5. The van der Waals surface area contributed by atoms with Gasteiger partial charge in [-0.1, -0.05) is 6.07 Å². The summed E-state index contributed by atoms with van der Waals surface area (Å²) in [5.74, 6) is 0. The molecule has 6 heteroatoms. The number of rotatable bonds is 2. The highest BCUT2D eigenvalue weighted by Crippen LogP contribution is 2.28. The Balaban J connectivity index is 2.50. The number of aliphatic imine (C=N–C) groups is 1. The topological polar surface area (TPSA) is 58.7 Å². The van der Waals surface area contributed by atoms with E-state index in [1.54, 1.807) is 18.4 Å². The van der Waals surface area contributed by atoms with Crippen LogP contribution in [0.15, 0.2) is 29.3 Å². The molecule has 1 aliphatic rings. The van der Waals surface area contributed by atoms with Gasteiger partial charge in [0.05, 0.1) is 10.6 Å². The van der Waals surface area contributed by atoms with Crippen molar-refractivity contribution in [2.24, 2.45) is 4.99 Å². The fourth-order valence-corrected chi connectivity index (χ4v) is 1.83. The highest BCUT2D eigenvalue weighted by molar-refractivity contribution is 6.18. The van der Waals surface area contributed by atoms with E-state index >= 15 is 0 Å². The van der Waals surface area contributed by atoms with Crippen molar-refractivity contribution in [3.8, 4) is 0 Å². The SMILES string of the molecule is Cc1ccc([N+](=O)[O-])cc1C1=CC=NCN1Cl. The minimum absolute atomic E-state index is 0.0547. The Labute approximate surface area is 103 Å². The molecule has 1 aromatic rings. The number of benzene rings is 1. The standard InChI is InChI=1S/C11H10ClN3O2/c1-8-2-3-9(15(16)17)6-10(8)11-4-5-13-7-14(11)12/h2-6H,7H2,1H3. The minimum atomic E-state index is -0.418. The zero-order chi connectivity index (χ0) is 12.4. The molecule has 0 radical (unpaired) electrons. The first-order valence-electron chi connectivity index (χ1n) is 4.98. The average molecular weight is 252 g/mol. The number of hydrogen-bond donors (Lipinski definition) is 0. The van der Waals surface area contributed by atoms with Gasteiger partial charge in [-0.25, -0.2) is 0 Å². The number of nitro benzene ring substituents is 1. The Bertz CT molecular complexity index is 525. The fourth-order valence-electron chi connectivity index (χ4n) is 1.62. The van der Waals surface area contributed by atoms with Gasteiger partial charge in [-0.3, -0.25) is 19.5 Å². The predicted molar refractivity (Wildman–Crippen MR) is 66.9 cm³/mol. The number of allylic oxidation sites excluding steroid dienone is 1. The quantitative estimate of drug-likeness (QED) is 0.461. The molecular weight excluding hydrogens is 242 g/mol. The summed E-state index contributed by atoms with van der Waals surface area (Å²) in [6.07, 6.45) is 3.38. The van der Waals surface area contributed by atoms with Crippen LogP contribution in [0.2, 0.25) is 0 Å². The van der Waals surface area contributed by atoms with Crippen LogP contribution >= 0.6 is 11.8 Å². The lowest BCUT2D eigenvalue weighted by Gasteiger charge is -2.20. The van der Waals surface area contributed by atoms with Gasteiger partial charge in [0.1, 0.15) is 6.67 Å². The molecule has 0 spiro atoms. The maximum atomic E-state index is 10.7. The third kappa shape index (κ3) is 2.29. The van der Waals surface area contributed by atoms with Crippen LogP contribution in [0.5, 0.6) is 0 Å². The van der Waals surface area contributed by atoms with Gasteiger partial charge in [-0.05, 0) is 18.6 Å². The Morgan fingerprint density at radius 2 is 2.29 bits per heavy atom. The maximum absolute atomic E-state index is 10.7. The molecule has 0 saturated heterocycles. The minimum Gasteiger partial charge on any atom is -0.270 e. The van der Waals surface area contributed by atoms with Crippen molar-refractivity contribution < 1.29 is 4.92 Å². The molecule has 0 atom stereocenters. The third-order valence-electron chi connectivity index (χ3n) is 2.51. The number of non-ortho nitro benzene ring substituents is 1. The molecule has 0 N–H and O–H groups in total. The predicted octanol–water partition coefficient (Wildman–Crippen LogP) is 2.74. The molecule has 1 heterocycles. The van der Waals surface area contributed by atoms with Crippen molar-refractivity contribution >= 4 is 29.4 Å². The van der Waals surface area contributed by atoms with Gasteiger partial charge in [0.2, 0.25) is 0 Å². The first-order chi connectivity index (χ1) is 8.09. The van der Waals surface area contributed by atoms with Gasteiger partial charge < -0.3 is 0 Å². The van der Waals surface area contributed by atoms with E-state index in [4.69, 9.17) is 11.8 Å². The summed E-state index contributed by atoms with van der Waals surface area (Å²) < 4.78 is 1.44. The Morgan fingerprint density at radius 1 is 1.53 bits per heavy atom. The highest BCUT2D eigenvalue weighted by Gasteiger charge is 2.16. The second kappa shape index (κ2) is 4.55. The van der Waals surface area contributed by atoms with Crippen LogP contribution in [0, 0.1) is 17.0 Å². The molecule has 0 aliphatic carbocycles. The molecule has 17 heavy (non-hydrogen) atoms. The van der Waals surface area contributed by atoms with Gasteiger partial charge in [0.15, 0.2) is 0 Å². The van der Waals surface area contributed by atoms with Crippen LogP contribution in [-0.2, 0) is 0 Å². The molecule has 0 bridgehead atoms. The fraction of sp³-hybridized carbons (Fsp3) is 0.182. The molecule has 2 rings (SSSR count). The molecule has 5 nitrogen and oxygen atoms in total. The number of nitro groups is 1. The molecule has 0 unspecified atom stereocenters. The third-order valence-corrected chi connectivity index (χ3v) is 2.80. The van der Waals surface area contributed by atoms with Crippen LogP contribution in [0.3, 0.4) is 0 Å². The maximum Gasteiger partial charge on any atom is 0.270 e. The van der Waals surface area contributed by atoms with E-state index in [-0.39, 0.29) is 5.69 Å². The molecule has 0 fully saturated rings. The van der Waals surface area contributed by atoms with E-state index < -0.39 is 4.92 Å². The van der Waals surface area contributed by atoms with Gasteiger partial charge in [-0.2, -0.15) is 0 Å². The van der Waals surface area contributed by atoms with Crippen LogP contribution in [0.1, 0.15) is 11.1 Å². The van der Waals surface area contributed by atoms with Crippen molar-refractivity contribution in [1.29, 1.82) is 0 Å². The van der Waals surface area contributed by atoms with Gasteiger partial charge in [0, 0.05) is 35.7 Å². The number of hydrogen-bond acceptors (Lipinski definition) is 4. The van der Waals surface area contributed by atoms with Crippen molar-refractivity contribution in [2.45, 2.75) is 6.92 Å². The molecule has 0 saturated carbocycles. The zero-order valence-electron chi connectivity index (χ0n) is 9.13.